The number of carboxylic acid groups (broad SMARTS) is 1. The highest BCUT2D eigenvalue weighted by Gasteiger charge is 2.24. The van der Waals surface area contributed by atoms with E-state index in [9.17, 15) is 14.3 Å². The maximum Gasteiger partial charge on any atom is 0.336 e. The molecule has 1 fully saturated rings. The largest absolute Gasteiger partial charge is 0.478 e. The molecule has 1 unspecified atom stereocenters. The van der Waals surface area contributed by atoms with Crippen molar-refractivity contribution in [2.45, 2.75) is 32.4 Å². The lowest BCUT2D eigenvalue weighted by atomic mass is 10.1. The van der Waals surface area contributed by atoms with Crippen molar-refractivity contribution in [1.82, 2.24) is 9.80 Å². The van der Waals surface area contributed by atoms with E-state index in [1.807, 2.05) is 7.05 Å². The second-order valence-electron chi connectivity index (χ2n) is 5.73. The van der Waals surface area contributed by atoms with Crippen LogP contribution in [0.4, 0.5) is 4.39 Å². The number of rotatable bonds is 6. The summed E-state index contributed by atoms with van der Waals surface area (Å²) >= 11 is 0. The lowest BCUT2D eigenvalue weighted by Gasteiger charge is -2.28. The first kappa shape index (κ1) is 15.9. The SMILES string of the molecule is CCN1CCCC1CN(C)Cc1ccc(F)cc1C(=O)O. The summed E-state index contributed by atoms with van der Waals surface area (Å²) in [6, 6.07) is 4.53. The van der Waals surface area contributed by atoms with Gasteiger partial charge in [-0.15, -0.1) is 0 Å². The summed E-state index contributed by atoms with van der Waals surface area (Å²) in [7, 11) is 1.99. The van der Waals surface area contributed by atoms with Crippen molar-refractivity contribution < 1.29 is 14.3 Å². The van der Waals surface area contributed by atoms with Crippen LogP contribution in [0, 0.1) is 5.82 Å². The van der Waals surface area contributed by atoms with E-state index in [1.54, 1.807) is 6.07 Å². The number of likely N-dealkylation sites (N-methyl/N-ethyl adjacent to an activating group) is 2. The predicted molar refractivity (Wildman–Crippen MR) is 80.0 cm³/mol. The highest BCUT2D eigenvalue weighted by Crippen LogP contribution is 2.19. The number of halogens is 1. The molecule has 0 amide bonds. The highest BCUT2D eigenvalue weighted by molar-refractivity contribution is 5.89. The molecule has 1 N–H and O–H groups in total. The maximum absolute atomic E-state index is 13.2. The molecule has 0 radical (unpaired) electrons. The standard InChI is InChI=1S/C16H23FN2O2/c1-3-19-8-4-5-14(19)11-18(2)10-12-6-7-13(17)9-15(12)16(20)21/h6-7,9,14H,3-5,8,10-11H2,1-2H3,(H,20,21). The fourth-order valence-corrected chi connectivity index (χ4v) is 3.12. The molecule has 1 aromatic rings. The van der Waals surface area contributed by atoms with Gasteiger partial charge in [0, 0.05) is 19.1 Å². The summed E-state index contributed by atoms with van der Waals surface area (Å²) in [5.41, 5.74) is 0.716. The molecule has 0 aliphatic carbocycles. The Kier molecular flexibility index (Phi) is 5.31. The van der Waals surface area contributed by atoms with Crippen LogP contribution in [0.15, 0.2) is 18.2 Å². The van der Waals surface area contributed by atoms with Gasteiger partial charge in [0.2, 0.25) is 0 Å². The normalized spacial score (nSPS) is 19.3. The van der Waals surface area contributed by atoms with E-state index in [2.05, 4.69) is 16.7 Å². The number of carboxylic acids is 1. The number of benzene rings is 1. The van der Waals surface area contributed by atoms with Crippen molar-refractivity contribution in [2.24, 2.45) is 0 Å². The lowest BCUT2D eigenvalue weighted by molar-refractivity contribution is 0.0694. The molecule has 0 spiro atoms. The van der Waals surface area contributed by atoms with Gasteiger partial charge in [0.25, 0.3) is 0 Å². The molecule has 1 aliphatic rings. The van der Waals surface area contributed by atoms with Crippen LogP contribution in [0.5, 0.6) is 0 Å². The molecule has 0 saturated carbocycles. The first-order valence-electron chi connectivity index (χ1n) is 7.45. The van der Waals surface area contributed by atoms with Crippen LogP contribution in [-0.2, 0) is 6.54 Å². The average Bonchev–Trinajstić information content (AvgIpc) is 2.87. The lowest BCUT2D eigenvalue weighted by Crippen LogP contribution is -2.38. The molecule has 1 saturated heterocycles. The van der Waals surface area contributed by atoms with Gasteiger partial charge >= 0.3 is 5.97 Å². The van der Waals surface area contributed by atoms with E-state index < -0.39 is 11.8 Å². The summed E-state index contributed by atoms with van der Waals surface area (Å²) in [4.78, 5) is 15.8. The third-order valence-corrected chi connectivity index (χ3v) is 4.17. The fraction of sp³-hybridized carbons (Fsp3) is 0.562. The minimum atomic E-state index is -1.08. The van der Waals surface area contributed by atoms with Gasteiger partial charge in [-0.05, 0) is 50.7 Å². The van der Waals surface area contributed by atoms with Gasteiger partial charge < -0.3 is 10.0 Å². The van der Waals surface area contributed by atoms with Crippen molar-refractivity contribution in [3.63, 3.8) is 0 Å². The fourth-order valence-electron chi connectivity index (χ4n) is 3.12. The number of hydrogen-bond donors (Lipinski definition) is 1. The summed E-state index contributed by atoms with van der Waals surface area (Å²) in [6.45, 7) is 5.79. The molecule has 21 heavy (non-hydrogen) atoms. The van der Waals surface area contributed by atoms with Crippen LogP contribution in [-0.4, -0.2) is 53.6 Å². The Morgan fingerprint density at radius 1 is 1.52 bits per heavy atom. The molecule has 1 heterocycles. The monoisotopic (exact) mass is 294 g/mol. The zero-order chi connectivity index (χ0) is 15.4. The zero-order valence-electron chi connectivity index (χ0n) is 12.7. The van der Waals surface area contributed by atoms with Gasteiger partial charge in [0.05, 0.1) is 5.56 Å². The van der Waals surface area contributed by atoms with Crippen molar-refractivity contribution >= 4 is 5.97 Å². The van der Waals surface area contributed by atoms with E-state index >= 15 is 0 Å². The van der Waals surface area contributed by atoms with E-state index in [4.69, 9.17) is 0 Å². The molecule has 5 heteroatoms. The van der Waals surface area contributed by atoms with Gasteiger partial charge in [-0.2, -0.15) is 0 Å². The molecular weight excluding hydrogens is 271 g/mol. The Morgan fingerprint density at radius 2 is 2.29 bits per heavy atom. The number of nitrogens with zero attached hydrogens (tertiary/aromatic N) is 2. The third-order valence-electron chi connectivity index (χ3n) is 4.17. The average molecular weight is 294 g/mol. The molecule has 0 aromatic heterocycles. The van der Waals surface area contributed by atoms with E-state index in [0.717, 1.165) is 25.7 Å². The van der Waals surface area contributed by atoms with Crippen LogP contribution in [0.3, 0.4) is 0 Å². The van der Waals surface area contributed by atoms with Crippen molar-refractivity contribution in [1.29, 1.82) is 0 Å². The summed E-state index contributed by atoms with van der Waals surface area (Å²) in [5.74, 6) is -1.58. The number of likely N-dealkylation sites (tertiary alicyclic amines) is 1. The van der Waals surface area contributed by atoms with Gasteiger partial charge in [0.1, 0.15) is 5.82 Å². The predicted octanol–water partition coefficient (Wildman–Crippen LogP) is 2.44. The molecule has 1 aliphatic heterocycles. The Morgan fingerprint density at radius 3 is 2.95 bits per heavy atom. The second-order valence-corrected chi connectivity index (χ2v) is 5.73. The van der Waals surface area contributed by atoms with Gasteiger partial charge in [0.15, 0.2) is 0 Å². The number of hydrogen-bond acceptors (Lipinski definition) is 3. The number of aromatic carboxylic acids is 1. The Hall–Kier alpha value is -1.46. The van der Waals surface area contributed by atoms with Gasteiger partial charge in [-0.3, -0.25) is 4.90 Å². The van der Waals surface area contributed by atoms with Crippen LogP contribution in [0.2, 0.25) is 0 Å². The van der Waals surface area contributed by atoms with E-state index in [1.165, 1.54) is 18.9 Å². The molecule has 4 nitrogen and oxygen atoms in total. The van der Waals surface area contributed by atoms with Crippen LogP contribution < -0.4 is 0 Å². The minimum absolute atomic E-state index is 0.0561. The number of carbonyl (C=O) groups is 1. The minimum Gasteiger partial charge on any atom is -0.478 e. The van der Waals surface area contributed by atoms with Crippen LogP contribution >= 0.6 is 0 Å². The molecular formula is C16H23FN2O2. The second kappa shape index (κ2) is 7.00. The first-order chi connectivity index (χ1) is 10.0. The zero-order valence-corrected chi connectivity index (χ0v) is 12.7. The molecule has 116 valence electrons. The van der Waals surface area contributed by atoms with E-state index in [0.29, 0.717) is 18.2 Å². The first-order valence-corrected chi connectivity index (χ1v) is 7.45. The quantitative estimate of drug-likeness (QED) is 0.875. The highest BCUT2D eigenvalue weighted by atomic mass is 19.1. The van der Waals surface area contributed by atoms with Crippen molar-refractivity contribution in [3.8, 4) is 0 Å². The molecule has 2 rings (SSSR count). The summed E-state index contributed by atoms with van der Waals surface area (Å²) < 4.78 is 13.2. The smallest absolute Gasteiger partial charge is 0.336 e. The van der Waals surface area contributed by atoms with Crippen LogP contribution in [0.1, 0.15) is 35.7 Å². The summed E-state index contributed by atoms with van der Waals surface area (Å²) in [6.07, 6.45) is 2.41. The van der Waals surface area contributed by atoms with E-state index in [-0.39, 0.29) is 5.56 Å². The van der Waals surface area contributed by atoms with Crippen molar-refractivity contribution in [3.05, 3.63) is 35.1 Å². The molecule has 1 aromatic carbocycles. The topological polar surface area (TPSA) is 43.8 Å². The van der Waals surface area contributed by atoms with Crippen LogP contribution in [0.25, 0.3) is 0 Å². The Labute approximate surface area is 125 Å². The Balaban J connectivity index is 2.02. The van der Waals surface area contributed by atoms with Gasteiger partial charge in [-0.25, -0.2) is 9.18 Å². The van der Waals surface area contributed by atoms with Crippen molar-refractivity contribution in [2.75, 3.05) is 26.7 Å². The third kappa shape index (κ3) is 4.02. The van der Waals surface area contributed by atoms with Gasteiger partial charge in [-0.1, -0.05) is 13.0 Å². The molecule has 0 bridgehead atoms. The Bertz CT molecular complexity index is 507. The summed E-state index contributed by atoms with van der Waals surface area (Å²) in [5, 5.41) is 9.17. The molecule has 1 atom stereocenters. The maximum atomic E-state index is 13.2.